The van der Waals surface area contributed by atoms with Crippen molar-refractivity contribution in [2.45, 2.75) is 31.5 Å². The predicted molar refractivity (Wildman–Crippen MR) is 44.9 cm³/mol. The summed E-state index contributed by atoms with van der Waals surface area (Å²) >= 11 is 5.78. The average molecular weight is 172 g/mol. The molecular formula is C8H10ClNO. The average Bonchev–Trinajstić information content (AvgIpc) is 2.71. The van der Waals surface area contributed by atoms with Crippen molar-refractivity contribution in [2.24, 2.45) is 4.99 Å². The van der Waals surface area contributed by atoms with Gasteiger partial charge in [0.25, 0.3) is 0 Å². The molecule has 1 fully saturated rings. The Morgan fingerprint density at radius 2 is 2.36 bits per heavy atom. The van der Waals surface area contributed by atoms with Gasteiger partial charge in [-0.3, -0.25) is 4.99 Å². The fourth-order valence-electron chi connectivity index (χ4n) is 1.05. The van der Waals surface area contributed by atoms with Crippen LogP contribution in [-0.2, 0) is 4.74 Å². The van der Waals surface area contributed by atoms with Crippen molar-refractivity contribution in [1.29, 1.82) is 0 Å². The third-order valence-corrected chi connectivity index (χ3v) is 2.01. The van der Waals surface area contributed by atoms with Crippen molar-refractivity contribution in [3.05, 3.63) is 11.2 Å². The Kier molecular flexibility index (Phi) is 1.96. The zero-order valence-electron chi connectivity index (χ0n) is 6.16. The van der Waals surface area contributed by atoms with E-state index in [0.29, 0.717) is 6.10 Å². The highest BCUT2D eigenvalue weighted by atomic mass is 35.5. The van der Waals surface area contributed by atoms with Gasteiger partial charge in [-0.15, -0.1) is 0 Å². The molecule has 2 rings (SSSR count). The van der Waals surface area contributed by atoms with E-state index in [1.54, 1.807) is 6.20 Å². The third kappa shape index (κ3) is 2.04. The zero-order valence-corrected chi connectivity index (χ0v) is 6.92. The lowest BCUT2D eigenvalue weighted by molar-refractivity contribution is 0.0870. The number of nitrogens with zero attached hydrogens (tertiary/aromatic N) is 1. The number of rotatable bonds is 2. The third-order valence-electron chi connectivity index (χ3n) is 1.75. The van der Waals surface area contributed by atoms with Gasteiger partial charge in [0.2, 0.25) is 0 Å². The number of ether oxygens (including phenoxy) is 1. The summed E-state index contributed by atoms with van der Waals surface area (Å²) < 4.78 is 5.60. The fraction of sp³-hybridized carbons (Fsp3) is 0.625. The molecule has 0 aromatic carbocycles. The van der Waals surface area contributed by atoms with E-state index in [1.165, 1.54) is 12.8 Å². The first-order valence-electron chi connectivity index (χ1n) is 3.88. The normalized spacial score (nSPS) is 30.3. The molecule has 1 saturated carbocycles. The topological polar surface area (TPSA) is 21.6 Å². The van der Waals surface area contributed by atoms with Crippen molar-refractivity contribution >= 4 is 17.8 Å². The lowest BCUT2D eigenvalue weighted by Gasteiger charge is -2.14. The summed E-state index contributed by atoms with van der Waals surface area (Å²) in [6, 6.07) is 0. The molecule has 1 atom stereocenters. The molecule has 1 heterocycles. The molecule has 1 aliphatic carbocycles. The van der Waals surface area contributed by atoms with E-state index >= 15 is 0 Å². The molecule has 0 N–H and O–H groups in total. The molecule has 3 heteroatoms. The summed E-state index contributed by atoms with van der Waals surface area (Å²) in [7, 11) is 0. The van der Waals surface area contributed by atoms with E-state index in [2.05, 4.69) is 4.99 Å². The van der Waals surface area contributed by atoms with Crippen molar-refractivity contribution in [3.8, 4) is 0 Å². The van der Waals surface area contributed by atoms with Crippen LogP contribution in [0.1, 0.15) is 19.3 Å². The molecule has 0 amide bonds. The number of halogens is 1. The van der Waals surface area contributed by atoms with Crippen LogP contribution in [0, 0.1) is 0 Å². The van der Waals surface area contributed by atoms with Crippen LogP contribution >= 0.6 is 11.6 Å². The molecule has 2 aliphatic rings. The quantitative estimate of drug-likeness (QED) is 0.624. The molecule has 60 valence electrons. The zero-order chi connectivity index (χ0) is 7.68. The highest BCUT2D eigenvalue weighted by Gasteiger charge is 2.26. The van der Waals surface area contributed by atoms with Gasteiger partial charge < -0.3 is 4.74 Å². The lowest BCUT2D eigenvalue weighted by Crippen LogP contribution is -2.17. The Morgan fingerprint density at radius 1 is 1.55 bits per heavy atom. The van der Waals surface area contributed by atoms with Gasteiger partial charge in [-0.2, -0.15) is 0 Å². The smallest absolute Gasteiger partial charge is 0.0979 e. The Morgan fingerprint density at radius 3 is 3.00 bits per heavy atom. The molecule has 0 aromatic heterocycles. The van der Waals surface area contributed by atoms with E-state index in [9.17, 15) is 0 Å². The molecule has 2 nitrogen and oxygen atoms in total. The van der Waals surface area contributed by atoms with Gasteiger partial charge in [-0.25, -0.2) is 0 Å². The molecule has 0 spiro atoms. The second kappa shape index (κ2) is 2.95. The first-order chi connectivity index (χ1) is 5.34. The molecule has 0 aromatic rings. The summed E-state index contributed by atoms with van der Waals surface area (Å²) in [4.78, 5) is 3.98. The van der Waals surface area contributed by atoms with Gasteiger partial charge in [0.05, 0.1) is 12.2 Å². The van der Waals surface area contributed by atoms with Crippen LogP contribution in [0.3, 0.4) is 0 Å². The van der Waals surface area contributed by atoms with Gasteiger partial charge >= 0.3 is 0 Å². The number of hydrogen-bond donors (Lipinski definition) is 0. The van der Waals surface area contributed by atoms with Crippen LogP contribution in [0.5, 0.6) is 0 Å². The summed E-state index contributed by atoms with van der Waals surface area (Å²) in [5.74, 6) is 0. The summed E-state index contributed by atoms with van der Waals surface area (Å²) in [6.07, 6.45) is 7.30. The van der Waals surface area contributed by atoms with Crippen LogP contribution in [0.25, 0.3) is 0 Å². The minimum absolute atomic E-state index is 0.125. The van der Waals surface area contributed by atoms with E-state index < -0.39 is 0 Å². The Hall–Kier alpha value is -0.340. The second-order valence-corrected chi connectivity index (χ2v) is 3.44. The summed E-state index contributed by atoms with van der Waals surface area (Å²) in [5.41, 5.74) is 0. The minimum atomic E-state index is 0.125. The van der Waals surface area contributed by atoms with Gasteiger partial charge in [-0.05, 0) is 12.8 Å². The van der Waals surface area contributed by atoms with Gasteiger partial charge in [-0.1, -0.05) is 11.6 Å². The van der Waals surface area contributed by atoms with Gasteiger partial charge in [0.15, 0.2) is 0 Å². The van der Waals surface area contributed by atoms with E-state index in [0.717, 1.165) is 11.5 Å². The summed E-state index contributed by atoms with van der Waals surface area (Å²) in [5, 5.41) is 0.790. The standard InChI is InChI=1S/C8H10ClNO/c9-6-3-8(5-10-4-6)11-7-1-2-7/h4-5,7-8H,1-3H2. The molecule has 0 saturated heterocycles. The molecule has 1 unspecified atom stereocenters. The maximum atomic E-state index is 5.78. The number of hydrogen-bond acceptors (Lipinski definition) is 2. The first-order valence-corrected chi connectivity index (χ1v) is 4.26. The van der Waals surface area contributed by atoms with Gasteiger partial charge in [0, 0.05) is 23.9 Å². The van der Waals surface area contributed by atoms with Crippen LogP contribution < -0.4 is 0 Å². The van der Waals surface area contributed by atoms with Crippen molar-refractivity contribution in [3.63, 3.8) is 0 Å². The van der Waals surface area contributed by atoms with Crippen molar-refractivity contribution < 1.29 is 4.74 Å². The molecule has 0 bridgehead atoms. The predicted octanol–water partition coefficient (Wildman–Crippen LogP) is 2.09. The van der Waals surface area contributed by atoms with Crippen LogP contribution in [0.15, 0.2) is 16.2 Å². The Bertz CT molecular complexity index is 208. The SMILES string of the molecule is ClC1=CN=CC(OC2CC2)C1. The van der Waals surface area contributed by atoms with E-state index in [4.69, 9.17) is 16.3 Å². The highest BCUT2D eigenvalue weighted by molar-refractivity contribution is 6.29. The minimum Gasteiger partial charge on any atom is -0.369 e. The van der Waals surface area contributed by atoms with Crippen LogP contribution in [0.2, 0.25) is 0 Å². The van der Waals surface area contributed by atoms with E-state index in [1.807, 2.05) is 6.21 Å². The Labute approximate surface area is 70.9 Å². The Balaban J connectivity index is 1.86. The monoisotopic (exact) mass is 171 g/mol. The summed E-state index contributed by atoms with van der Waals surface area (Å²) in [6.45, 7) is 0. The molecular weight excluding hydrogens is 162 g/mol. The first kappa shape index (κ1) is 7.32. The van der Waals surface area contributed by atoms with Crippen LogP contribution in [0.4, 0.5) is 0 Å². The van der Waals surface area contributed by atoms with Crippen LogP contribution in [-0.4, -0.2) is 18.4 Å². The van der Waals surface area contributed by atoms with Gasteiger partial charge in [0.1, 0.15) is 0 Å². The second-order valence-electron chi connectivity index (χ2n) is 2.95. The lowest BCUT2D eigenvalue weighted by atomic mass is 10.2. The molecule has 11 heavy (non-hydrogen) atoms. The van der Waals surface area contributed by atoms with E-state index in [-0.39, 0.29) is 6.10 Å². The molecule has 1 aliphatic heterocycles. The van der Waals surface area contributed by atoms with Crippen molar-refractivity contribution in [1.82, 2.24) is 0 Å². The maximum Gasteiger partial charge on any atom is 0.0979 e. The highest BCUT2D eigenvalue weighted by Crippen LogP contribution is 2.27. The fourth-order valence-corrected chi connectivity index (χ4v) is 1.26. The largest absolute Gasteiger partial charge is 0.369 e. The van der Waals surface area contributed by atoms with Crippen molar-refractivity contribution in [2.75, 3.05) is 0 Å². The number of aliphatic imine (C=N–C) groups is 1. The molecule has 0 radical (unpaired) electrons. The maximum absolute atomic E-state index is 5.78.